The molecule has 0 unspecified atom stereocenters. The Morgan fingerprint density at radius 3 is 2.64 bits per heavy atom. The number of rotatable bonds is 3. The maximum Gasteiger partial charge on any atom is 0.155 e. The first-order valence-electron chi connectivity index (χ1n) is 8.10. The Kier molecular flexibility index (Phi) is 3.53. The smallest absolute Gasteiger partial charge is 0.155 e. The number of benzene rings is 2. The minimum Gasteiger partial charge on any atom is -0.496 e. The molecule has 3 heteroatoms. The Morgan fingerprint density at radius 1 is 1.09 bits per heavy atom. The van der Waals surface area contributed by atoms with Crippen LogP contribution in [0.2, 0.25) is 0 Å². The van der Waals surface area contributed by atoms with E-state index in [9.17, 15) is 0 Å². The molecule has 3 aromatic rings. The third-order valence-corrected chi connectivity index (χ3v) is 7.21. The van der Waals surface area contributed by atoms with Gasteiger partial charge in [-0.3, -0.25) is 0 Å². The predicted octanol–water partition coefficient (Wildman–Crippen LogP) is 4.59. The average Bonchev–Trinajstić information content (AvgIpc) is 3.19. The van der Waals surface area contributed by atoms with Gasteiger partial charge in [0.1, 0.15) is 17.3 Å². The maximum absolute atomic E-state index is 5.65. The second-order valence-corrected chi connectivity index (χ2v) is 8.16. The monoisotopic (exact) mass is 312 g/mol. The minimum atomic E-state index is 0.459. The molecule has 22 heavy (non-hydrogen) atoms. The topological polar surface area (TPSA) is 14.2 Å². The Morgan fingerprint density at radius 2 is 1.91 bits per heavy atom. The van der Waals surface area contributed by atoms with Crippen molar-refractivity contribution in [3.63, 3.8) is 0 Å². The zero-order valence-electron chi connectivity index (χ0n) is 13.3. The summed E-state index contributed by atoms with van der Waals surface area (Å²) in [6.45, 7) is 3.20. The molecular formula is C19H22NOS+. The largest absolute Gasteiger partial charge is 0.496 e. The molecule has 114 valence electrons. The molecule has 2 aromatic carbocycles. The normalized spacial score (nSPS) is 15.9. The summed E-state index contributed by atoms with van der Waals surface area (Å²) in [5, 5.41) is 2.62. The molecule has 0 aliphatic carbocycles. The molecular weight excluding hydrogens is 290 g/mol. The molecule has 1 aromatic heterocycles. The number of aryl methyl sites for hydroxylation is 1. The molecule has 0 radical (unpaired) electrons. The second-order valence-electron chi connectivity index (χ2n) is 5.89. The highest BCUT2D eigenvalue weighted by Gasteiger charge is 2.27. The Bertz CT molecular complexity index is 830. The first kappa shape index (κ1) is 14.0. The Labute approximate surface area is 134 Å². The molecule has 4 rings (SSSR count). The van der Waals surface area contributed by atoms with Gasteiger partial charge in [-0.2, -0.15) is 0 Å². The maximum atomic E-state index is 5.65. The predicted molar refractivity (Wildman–Crippen MR) is 96.3 cm³/mol. The molecule has 1 fully saturated rings. The van der Waals surface area contributed by atoms with Gasteiger partial charge < -0.3 is 9.30 Å². The number of aromatic nitrogens is 1. The van der Waals surface area contributed by atoms with Gasteiger partial charge in [0.2, 0.25) is 0 Å². The van der Waals surface area contributed by atoms with Crippen molar-refractivity contribution < 1.29 is 4.74 Å². The summed E-state index contributed by atoms with van der Waals surface area (Å²) in [5.74, 6) is 3.73. The van der Waals surface area contributed by atoms with Crippen LogP contribution in [0.15, 0.2) is 41.3 Å². The van der Waals surface area contributed by atoms with Crippen molar-refractivity contribution >= 4 is 32.7 Å². The Balaban J connectivity index is 2.03. The fourth-order valence-electron chi connectivity index (χ4n) is 3.68. The van der Waals surface area contributed by atoms with Crippen molar-refractivity contribution in [2.24, 2.45) is 0 Å². The number of fused-ring (bicyclic) bond motifs is 3. The standard InChI is InChI=1S/C19H22NOS/c1-3-20-16-10-9-14(22-11-4-5-12-22)13-15(16)19-17(20)7-6-8-18(19)21-2/h6-10,13H,3-5,11-12H2,1-2H3/q+1. The van der Waals surface area contributed by atoms with Crippen molar-refractivity contribution in [2.45, 2.75) is 31.2 Å². The van der Waals surface area contributed by atoms with Crippen molar-refractivity contribution in [1.82, 2.24) is 4.57 Å². The van der Waals surface area contributed by atoms with Crippen LogP contribution in [0.25, 0.3) is 21.8 Å². The molecule has 0 amide bonds. The first-order chi connectivity index (χ1) is 10.8. The zero-order valence-corrected chi connectivity index (χ0v) is 14.1. The van der Waals surface area contributed by atoms with Crippen LogP contribution in [0.5, 0.6) is 5.75 Å². The lowest BCUT2D eigenvalue weighted by Crippen LogP contribution is -2.03. The summed E-state index contributed by atoms with van der Waals surface area (Å²) in [7, 11) is 2.23. The molecule has 2 nitrogen and oxygen atoms in total. The summed E-state index contributed by atoms with van der Waals surface area (Å²) >= 11 is 0. The van der Waals surface area contributed by atoms with Crippen molar-refractivity contribution in [2.75, 3.05) is 18.6 Å². The lowest BCUT2D eigenvalue weighted by atomic mass is 10.1. The average molecular weight is 312 g/mol. The van der Waals surface area contributed by atoms with Crippen LogP contribution in [-0.2, 0) is 17.4 Å². The molecule has 0 spiro atoms. The molecule has 0 saturated carbocycles. The van der Waals surface area contributed by atoms with Gasteiger partial charge in [0.05, 0.1) is 12.6 Å². The molecule has 1 aliphatic heterocycles. The summed E-state index contributed by atoms with van der Waals surface area (Å²) < 4.78 is 8.05. The van der Waals surface area contributed by atoms with Gasteiger partial charge in [0, 0.05) is 39.8 Å². The fourth-order valence-corrected chi connectivity index (χ4v) is 6.00. The van der Waals surface area contributed by atoms with Crippen molar-refractivity contribution in [1.29, 1.82) is 0 Å². The van der Waals surface area contributed by atoms with Crippen LogP contribution >= 0.6 is 0 Å². The second kappa shape index (κ2) is 5.54. The van der Waals surface area contributed by atoms with E-state index in [1.807, 2.05) is 0 Å². The summed E-state index contributed by atoms with van der Waals surface area (Å²) in [6.07, 6.45) is 2.78. The fraction of sp³-hybridized carbons (Fsp3) is 0.368. The number of hydrogen-bond donors (Lipinski definition) is 0. The van der Waals surface area contributed by atoms with Crippen molar-refractivity contribution in [3.8, 4) is 5.75 Å². The van der Waals surface area contributed by atoms with Crippen LogP contribution in [0.3, 0.4) is 0 Å². The molecule has 0 bridgehead atoms. The van der Waals surface area contributed by atoms with Gasteiger partial charge in [-0.1, -0.05) is 6.07 Å². The van der Waals surface area contributed by atoms with Crippen LogP contribution < -0.4 is 4.74 Å². The SMILES string of the molecule is CCn1c2ccc([S+]3CCCC3)cc2c2c(OC)cccc21. The van der Waals surface area contributed by atoms with E-state index in [-0.39, 0.29) is 0 Å². The lowest BCUT2D eigenvalue weighted by molar-refractivity contribution is 0.420. The van der Waals surface area contributed by atoms with Crippen LogP contribution in [-0.4, -0.2) is 23.2 Å². The van der Waals surface area contributed by atoms with E-state index in [0.717, 1.165) is 12.3 Å². The molecule has 0 atom stereocenters. The van der Waals surface area contributed by atoms with Gasteiger partial charge in [-0.25, -0.2) is 0 Å². The highest BCUT2D eigenvalue weighted by Crippen LogP contribution is 2.37. The van der Waals surface area contributed by atoms with Crippen LogP contribution in [0, 0.1) is 0 Å². The van der Waals surface area contributed by atoms with Gasteiger partial charge in [0.25, 0.3) is 0 Å². The van der Waals surface area contributed by atoms with Gasteiger partial charge >= 0.3 is 0 Å². The van der Waals surface area contributed by atoms with E-state index in [1.54, 1.807) is 7.11 Å². The number of hydrogen-bond acceptors (Lipinski definition) is 1. The van der Waals surface area contributed by atoms with Gasteiger partial charge in [-0.15, -0.1) is 0 Å². The summed E-state index contributed by atoms with van der Waals surface area (Å²) in [5.41, 5.74) is 2.61. The van der Waals surface area contributed by atoms with Gasteiger partial charge in [0.15, 0.2) is 4.90 Å². The third kappa shape index (κ3) is 2.03. The van der Waals surface area contributed by atoms with E-state index in [4.69, 9.17) is 4.74 Å². The summed E-state index contributed by atoms with van der Waals surface area (Å²) in [4.78, 5) is 1.53. The van der Waals surface area contributed by atoms with E-state index in [0.29, 0.717) is 10.9 Å². The first-order valence-corrected chi connectivity index (χ1v) is 9.66. The van der Waals surface area contributed by atoms with Crippen LogP contribution in [0.1, 0.15) is 19.8 Å². The molecule has 1 saturated heterocycles. The number of nitrogens with zero attached hydrogens (tertiary/aromatic N) is 1. The highest BCUT2D eigenvalue weighted by atomic mass is 32.2. The number of ether oxygens (including phenoxy) is 1. The summed E-state index contributed by atoms with van der Waals surface area (Å²) in [6, 6.07) is 13.5. The lowest BCUT2D eigenvalue weighted by Gasteiger charge is -2.04. The molecule has 0 N–H and O–H groups in total. The van der Waals surface area contributed by atoms with E-state index in [2.05, 4.69) is 47.9 Å². The molecule has 1 aliphatic rings. The molecule has 2 heterocycles. The van der Waals surface area contributed by atoms with E-state index >= 15 is 0 Å². The quantitative estimate of drug-likeness (QED) is 0.645. The van der Waals surface area contributed by atoms with Gasteiger partial charge in [-0.05, 0) is 44.0 Å². The van der Waals surface area contributed by atoms with Crippen LogP contribution in [0.4, 0.5) is 0 Å². The third-order valence-electron chi connectivity index (χ3n) is 4.72. The minimum absolute atomic E-state index is 0.459. The van der Waals surface area contributed by atoms with E-state index < -0.39 is 0 Å². The number of methoxy groups -OCH3 is 1. The highest BCUT2D eigenvalue weighted by molar-refractivity contribution is 7.97. The zero-order chi connectivity index (χ0) is 15.1. The van der Waals surface area contributed by atoms with E-state index in [1.165, 1.54) is 51.0 Å². The van der Waals surface area contributed by atoms with Crippen molar-refractivity contribution in [3.05, 3.63) is 36.4 Å². The Hall–Kier alpha value is -1.61.